The van der Waals surface area contributed by atoms with Crippen LogP contribution in [-0.2, 0) is 4.79 Å². The van der Waals surface area contributed by atoms with Crippen LogP contribution in [0.2, 0.25) is 0 Å². The molecule has 0 bridgehead atoms. The Kier molecular flexibility index (Phi) is 3.38. The normalized spacial score (nSPS) is 9.73. The molecular weight excluding hydrogens is 199 g/mol. The number of nitrogens with zero attached hydrogens (tertiary/aromatic N) is 1. The lowest BCUT2D eigenvalue weighted by molar-refractivity contribution is -0.116. The van der Waals surface area contributed by atoms with Crippen LogP contribution < -0.4 is 10.6 Å². The molecule has 0 saturated carbocycles. The fourth-order valence-corrected chi connectivity index (χ4v) is 1.22. The third-order valence-electron chi connectivity index (χ3n) is 1.91. The van der Waals surface area contributed by atoms with E-state index in [0.717, 1.165) is 6.07 Å². The number of amides is 1. The topological polar surface area (TPSA) is 63.4 Å². The Morgan fingerprint density at radius 2 is 2.27 bits per heavy atom. The van der Waals surface area contributed by atoms with Gasteiger partial charge < -0.3 is 10.6 Å². The number of likely N-dealkylation sites (N-methyl/N-ethyl adjacent to an activating group) is 1. The van der Waals surface area contributed by atoms with E-state index in [4.69, 9.17) is 5.73 Å². The highest BCUT2D eigenvalue weighted by molar-refractivity contribution is 5.80. The van der Waals surface area contributed by atoms with Crippen molar-refractivity contribution in [3.05, 3.63) is 29.6 Å². The van der Waals surface area contributed by atoms with E-state index in [9.17, 15) is 14.0 Å². The summed E-state index contributed by atoms with van der Waals surface area (Å²) < 4.78 is 13.4. The molecule has 0 aliphatic rings. The molecule has 0 spiro atoms. The van der Waals surface area contributed by atoms with Gasteiger partial charge in [-0.15, -0.1) is 0 Å². The molecule has 4 nitrogen and oxygen atoms in total. The molecule has 15 heavy (non-hydrogen) atoms. The predicted molar refractivity (Wildman–Crippen MR) is 54.3 cm³/mol. The smallest absolute Gasteiger partial charge is 0.236 e. The second-order valence-electron chi connectivity index (χ2n) is 3.15. The van der Waals surface area contributed by atoms with E-state index in [0.29, 0.717) is 6.29 Å². The summed E-state index contributed by atoms with van der Waals surface area (Å²) >= 11 is 0. The fourth-order valence-electron chi connectivity index (χ4n) is 1.22. The molecule has 0 aromatic heterocycles. The van der Waals surface area contributed by atoms with Crippen molar-refractivity contribution < 1.29 is 14.0 Å². The summed E-state index contributed by atoms with van der Waals surface area (Å²) in [7, 11) is 1.55. The average Bonchev–Trinajstić information content (AvgIpc) is 2.16. The molecule has 80 valence electrons. The van der Waals surface area contributed by atoms with Crippen LogP contribution in [0.15, 0.2) is 18.2 Å². The number of anilines is 1. The first-order valence-electron chi connectivity index (χ1n) is 4.28. The first-order valence-corrected chi connectivity index (χ1v) is 4.28. The number of carbonyl (C=O) groups is 2. The first kappa shape index (κ1) is 11.2. The van der Waals surface area contributed by atoms with Crippen LogP contribution in [0, 0.1) is 5.82 Å². The van der Waals surface area contributed by atoms with E-state index >= 15 is 0 Å². The monoisotopic (exact) mass is 210 g/mol. The highest BCUT2D eigenvalue weighted by atomic mass is 19.1. The number of primary amides is 1. The van der Waals surface area contributed by atoms with Crippen LogP contribution in [0.4, 0.5) is 10.1 Å². The lowest BCUT2D eigenvalue weighted by Crippen LogP contribution is -2.31. The minimum atomic E-state index is -0.552. The lowest BCUT2D eigenvalue weighted by atomic mass is 10.2. The highest BCUT2D eigenvalue weighted by Gasteiger charge is 2.09. The number of carbonyl (C=O) groups excluding carboxylic acids is 2. The minimum absolute atomic E-state index is 0.0721. The molecule has 0 heterocycles. The molecule has 0 aliphatic heterocycles. The molecule has 0 atom stereocenters. The zero-order chi connectivity index (χ0) is 11.4. The molecule has 0 unspecified atom stereocenters. The molecule has 0 aliphatic carbocycles. The van der Waals surface area contributed by atoms with Gasteiger partial charge in [0.15, 0.2) is 0 Å². The van der Waals surface area contributed by atoms with Gasteiger partial charge in [-0.1, -0.05) is 0 Å². The summed E-state index contributed by atoms with van der Waals surface area (Å²) in [5.41, 5.74) is 5.47. The Morgan fingerprint density at radius 3 is 2.73 bits per heavy atom. The molecule has 5 heteroatoms. The van der Waals surface area contributed by atoms with E-state index in [1.54, 1.807) is 7.05 Å². The Hall–Kier alpha value is -1.91. The number of hydrogen-bond acceptors (Lipinski definition) is 3. The molecule has 0 radical (unpaired) electrons. The van der Waals surface area contributed by atoms with Crippen molar-refractivity contribution in [2.45, 2.75) is 0 Å². The van der Waals surface area contributed by atoms with Crippen molar-refractivity contribution in [1.82, 2.24) is 0 Å². The first-order chi connectivity index (χ1) is 7.04. The van der Waals surface area contributed by atoms with Crippen LogP contribution in [-0.4, -0.2) is 25.8 Å². The molecular formula is C10H11FN2O2. The third-order valence-corrected chi connectivity index (χ3v) is 1.91. The predicted octanol–water partition coefficient (Wildman–Crippen LogP) is 0.560. The van der Waals surface area contributed by atoms with Gasteiger partial charge in [-0.2, -0.15) is 0 Å². The highest BCUT2D eigenvalue weighted by Crippen LogP contribution is 2.18. The van der Waals surface area contributed by atoms with Crippen LogP contribution in [0.25, 0.3) is 0 Å². The molecule has 0 saturated heterocycles. The number of hydrogen-bond donors (Lipinski definition) is 1. The van der Waals surface area contributed by atoms with Gasteiger partial charge in [-0.25, -0.2) is 4.39 Å². The van der Waals surface area contributed by atoms with Crippen LogP contribution in [0.5, 0.6) is 0 Å². The second kappa shape index (κ2) is 4.54. The summed E-state index contributed by atoms with van der Waals surface area (Å²) in [5.74, 6) is -1.10. The number of halogens is 1. The number of aldehydes is 1. The van der Waals surface area contributed by atoms with Gasteiger partial charge in [-0.3, -0.25) is 9.59 Å². The van der Waals surface area contributed by atoms with Crippen molar-refractivity contribution in [3.63, 3.8) is 0 Å². The van der Waals surface area contributed by atoms with E-state index < -0.39 is 11.7 Å². The van der Waals surface area contributed by atoms with Crippen LogP contribution in [0.1, 0.15) is 10.4 Å². The molecule has 1 amide bonds. The van der Waals surface area contributed by atoms with Gasteiger partial charge in [0.1, 0.15) is 12.1 Å². The summed E-state index contributed by atoms with van der Waals surface area (Å²) in [6.45, 7) is -0.0721. The van der Waals surface area contributed by atoms with E-state index in [2.05, 4.69) is 0 Å². The van der Waals surface area contributed by atoms with E-state index in [1.807, 2.05) is 0 Å². The number of benzene rings is 1. The molecule has 1 aromatic carbocycles. The third kappa shape index (κ3) is 2.77. The molecule has 1 aromatic rings. The maximum atomic E-state index is 13.4. The van der Waals surface area contributed by atoms with Crippen molar-refractivity contribution in [3.8, 4) is 0 Å². The minimum Gasteiger partial charge on any atom is -0.368 e. The second-order valence-corrected chi connectivity index (χ2v) is 3.15. The Morgan fingerprint density at radius 1 is 1.60 bits per heavy atom. The Labute approximate surface area is 86.5 Å². The van der Waals surface area contributed by atoms with Gasteiger partial charge in [0.25, 0.3) is 0 Å². The van der Waals surface area contributed by atoms with Crippen molar-refractivity contribution in [2.75, 3.05) is 18.5 Å². The van der Waals surface area contributed by atoms with Crippen molar-refractivity contribution in [1.29, 1.82) is 0 Å². The largest absolute Gasteiger partial charge is 0.368 e. The summed E-state index contributed by atoms with van der Waals surface area (Å²) in [6, 6.07) is 4.02. The van der Waals surface area contributed by atoms with Gasteiger partial charge >= 0.3 is 0 Å². The lowest BCUT2D eigenvalue weighted by Gasteiger charge is -2.17. The molecule has 2 N–H and O–H groups in total. The maximum absolute atomic E-state index is 13.4. The zero-order valence-corrected chi connectivity index (χ0v) is 8.24. The summed E-state index contributed by atoms with van der Waals surface area (Å²) in [4.78, 5) is 22.4. The van der Waals surface area contributed by atoms with E-state index in [-0.39, 0.29) is 17.8 Å². The number of nitrogens with two attached hydrogens (primary N) is 1. The Balaban J connectivity index is 2.94. The number of rotatable bonds is 4. The SMILES string of the molecule is CN(CC(N)=O)c1ccc(C=O)cc1F. The maximum Gasteiger partial charge on any atom is 0.236 e. The molecule has 1 rings (SSSR count). The van der Waals surface area contributed by atoms with Gasteiger partial charge in [0.05, 0.1) is 12.2 Å². The van der Waals surface area contributed by atoms with Crippen molar-refractivity contribution >= 4 is 17.9 Å². The van der Waals surface area contributed by atoms with Gasteiger partial charge in [-0.05, 0) is 18.2 Å². The van der Waals surface area contributed by atoms with Crippen LogP contribution >= 0.6 is 0 Å². The van der Waals surface area contributed by atoms with Crippen molar-refractivity contribution in [2.24, 2.45) is 5.73 Å². The quantitative estimate of drug-likeness (QED) is 0.738. The zero-order valence-electron chi connectivity index (χ0n) is 8.24. The fraction of sp³-hybridized carbons (Fsp3) is 0.200. The van der Waals surface area contributed by atoms with Gasteiger partial charge in [0, 0.05) is 12.6 Å². The Bertz CT molecular complexity index is 393. The van der Waals surface area contributed by atoms with Gasteiger partial charge in [0.2, 0.25) is 5.91 Å². The standard InChI is InChI=1S/C10H11FN2O2/c1-13(5-10(12)15)9-3-2-7(6-14)4-8(9)11/h2-4,6H,5H2,1H3,(H2,12,15). The summed E-state index contributed by atoms with van der Waals surface area (Å²) in [5, 5.41) is 0. The van der Waals surface area contributed by atoms with E-state index in [1.165, 1.54) is 17.0 Å². The molecule has 0 fully saturated rings. The van der Waals surface area contributed by atoms with Crippen LogP contribution in [0.3, 0.4) is 0 Å². The average molecular weight is 210 g/mol. The summed E-state index contributed by atoms with van der Waals surface area (Å²) in [6.07, 6.45) is 0.556.